The molecule has 4 aromatic rings. The zero-order valence-corrected chi connectivity index (χ0v) is 35.3. The molecule has 4 rings (SSSR count). The molecular weight excluding hydrogens is 707 g/mol. The first-order chi connectivity index (χ1) is 25.2. The van der Waals surface area contributed by atoms with Crippen molar-refractivity contribution in [1.82, 2.24) is 4.90 Å². The molecule has 0 aliphatic carbocycles. The van der Waals surface area contributed by atoms with E-state index in [2.05, 4.69) is 173 Å². The summed E-state index contributed by atoms with van der Waals surface area (Å²) < 4.78 is 16.5. The third-order valence-corrected chi connectivity index (χ3v) is 9.21. The highest BCUT2D eigenvalue weighted by Crippen LogP contribution is 2.32. The summed E-state index contributed by atoms with van der Waals surface area (Å²) in [5, 5.41) is 2.57. The van der Waals surface area contributed by atoms with Crippen LogP contribution in [0.15, 0.2) is 120 Å². The summed E-state index contributed by atoms with van der Waals surface area (Å²) in [6.07, 6.45) is 6.54. The number of allylic oxidation sites excluding steroid dienone is 3. The third kappa shape index (κ3) is 14.0. The second kappa shape index (κ2) is 24.5. The van der Waals surface area contributed by atoms with Crippen LogP contribution in [0, 0.1) is 13.8 Å². The van der Waals surface area contributed by atoms with Gasteiger partial charge in [0.25, 0.3) is 0 Å². The summed E-state index contributed by atoms with van der Waals surface area (Å²) >= 11 is 2.94. The Hall–Kier alpha value is -3.67. The Morgan fingerprint density at radius 3 is 2.00 bits per heavy atom. The van der Waals surface area contributed by atoms with Gasteiger partial charge in [0.05, 0.1) is 26.0 Å². The Bertz CT molecular complexity index is 1700. The highest BCUT2D eigenvalue weighted by Gasteiger charge is 2.21. The van der Waals surface area contributed by atoms with Gasteiger partial charge in [-0.1, -0.05) is 132 Å². The molecule has 1 N–H and O–H groups in total. The van der Waals surface area contributed by atoms with Gasteiger partial charge in [-0.25, -0.2) is 0 Å². The second-order valence-electron chi connectivity index (χ2n) is 13.6. The van der Waals surface area contributed by atoms with Gasteiger partial charge in [0, 0.05) is 24.2 Å². The van der Waals surface area contributed by atoms with E-state index < -0.39 is 0 Å². The molecule has 3 nitrogen and oxygen atoms in total. The predicted molar refractivity (Wildman–Crippen MR) is 229 cm³/mol. The maximum absolute atomic E-state index is 9.50. The number of alkyl halides is 2. The smallest absolute Gasteiger partial charge is 0.149 e. The van der Waals surface area contributed by atoms with Crippen LogP contribution in [-0.2, 0) is 17.8 Å². The monoisotopic (exact) mass is 771 g/mol. The number of nitrogens with one attached hydrogen (secondary N) is 1. The van der Waals surface area contributed by atoms with Crippen LogP contribution in [0.5, 0.6) is 0 Å². The van der Waals surface area contributed by atoms with Gasteiger partial charge >= 0.3 is 0 Å². The standard InChI is InChI=1S/C45H58N2O.CH3Br.CH3F/c1-9-19-43(44(34(4)5)48-45(37(8)10-2)41-21-13-12-14-22-41)47(33-38-24-25-40-20-15-16-23-42(40)31-38)27-18-17-26-46(11-3)32-39-29-35(6)28-36(7)30-39;2*1-2/h12-16,19-25,28-31H,9-11,17-18,26-27,32-33H2,1-8H3;2*1H3/p+1/b43-19+,45-37+;;. The SMILES string of the molecule is CBr.CC/C=C(\C(O/C(=C(\C)CC)c1ccccc1)=C(C)C)N(CCCC[NH+](CC)Cc1cc(C)cc(C)c1)Cc1ccc2ccccc2c1.CF. The van der Waals surface area contributed by atoms with E-state index in [4.69, 9.17) is 4.74 Å². The number of fused-ring (bicyclic) bond motifs is 1. The molecule has 0 amide bonds. The van der Waals surface area contributed by atoms with E-state index >= 15 is 0 Å². The van der Waals surface area contributed by atoms with Crippen LogP contribution in [0.4, 0.5) is 4.39 Å². The van der Waals surface area contributed by atoms with Crippen LogP contribution in [0.25, 0.3) is 16.5 Å². The summed E-state index contributed by atoms with van der Waals surface area (Å²) in [6.45, 7) is 22.9. The van der Waals surface area contributed by atoms with Crippen LogP contribution in [0.3, 0.4) is 0 Å². The molecule has 1 unspecified atom stereocenters. The van der Waals surface area contributed by atoms with E-state index in [1.807, 2.05) is 5.83 Å². The Morgan fingerprint density at radius 2 is 1.40 bits per heavy atom. The molecule has 1 atom stereocenters. The van der Waals surface area contributed by atoms with Gasteiger partial charge in [-0.05, 0) is 107 Å². The van der Waals surface area contributed by atoms with Crippen molar-refractivity contribution in [2.75, 3.05) is 32.6 Å². The maximum atomic E-state index is 9.50. The highest BCUT2D eigenvalue weighted by molar-refractivity contribution is 9.08. The van der Waals surface area contributed by atoms with Gasteiger partial charge < -0.3 is 14.5 Å². The molecule has 0 saturated carbocycles. The van der Waals surface area contributed by atoms with Crippen molar-refractivity contribution in [1.29, 1.82) is 0 Å². The van der Waals surface area contributed by atoms with E-state index in [0.29, 0.717) is 7.18 Å². The van der Waals surface area contributed by atoms with E-state index in [1.54, 1.807) is 4.90 Å². The minimum absolute atomic E-state index is 0.500. The van der Waals surface area contributed by atoms with Crippen molar-refractivity contribution in [3.05, 3.63) is 147 Å². The van der Waals surface area contributed by atoms with Crippen molar-refractivity contribution in [3.8, 4) is 0 Å². The fourth-order valence-electron chi connectivity index (χ4n) is 6.58. The Labute approximate surface area is 324 Å². The number of nitrogens with zero attached hydrogens (tertiary/aromatic N) is 1. The molecule has 282 valence electrons. The lowest BCUT2D eigenvalue weighted by molar-refractivity contribution is -0.912. The van der Waals surface area contributed by atoms with Crippen molar-refractivity contribution < 1.29 is 14.0 Å². The predicted octanol–water partition coefficient (Wildman–Crippen LogP) is 12.2. The molecule has 0 fully saturated rings. The van der Waals surface area contributed by atoms with E-state index in [9.17, 15) is 4.39 Å². The Balaban J connectivity index is 0.00000226. The summed E-state index contributed by atoms with van der Waals surface area (Å²) in [5.74, 6) is 3.75. The van der Waals surface area contributed by atoms with Gasteiger partial charge in [0.15, 0.2) is 0 Å². The number of ether oxygens (including phenoxy) is 1. The van der Waals surface area contributed by atoms with Crippen molar-refractivity contribution in [3.63, 3.8) is 0 Å². The zero-order valence-electron chi connectivity index (χ0n) is 33.7. The van der Waals surface area contributed by atoms with Gasteiger partial charge in [0.2, 0.25) is 0 Å². The number of unbranched alkanes of at least 4 members (excludes halogenated alkanes) is 1. The van der Waals surface area contributed by atoms with Crippen molar-refractivity contribution >= 4 is 32.5 Å². The van der Waals surface area contributed by atoms with Crippen LogP contribution < -0.4 is 4.90 Å². The minimum Gasteiger partial charge on any atom is -0.455 e. The molecule has 0 aliphatic heterocycles. The first-order valence-electron chi connectivity index (χ1n) is 18.9. The molecule has 0 radical (unpaired) electrons. The van der Waals surface area contributed by atoms with Crippen molar-refractivity contribution in [2.24, 2.45) is 0 Å². The fourth-order valence-corrected chi connectivity index (χ4v) is 6.58. The van der Waals surface area contributed by atoms with Crippen LogP contribution >= 0.6 is 15.9 Å². The maximum Gasteiger partial charge on any atom is 0.149 e. The quantitative estimate of drug-likeness (QED) is 0.0498. The Morgan fingerprint density at radius 1 is 0.769 bits per heavy atom. The van der Waals surface area contributed by atoms with E-state index in [1.165, 1.54) is 62.8 Å². The van der Waals surface area contributed by atoms with Gasteiger partial charge in [-0.2, -0.15) is 0 Å². The number of halogens is 2. The largest absolute Gasteiger partial charge is 0.455 e. The number of benzene rings is 4. The number of quaternary nitrogens is 1. The zero-order chi connectivity index (χ0) is 38.5. The first kappa shape index (κ1) is 44.5. The minimum atomic E-state index is 0.500. The van der Waals surface area contributed by atoms with Gasteiger partial charge in [0.1, 0.15) is 18.1 Å². The molecule has 52 heavy (non-hydrogen) atoms. The average Bonchev–Trinajstić information content (AvgIpc) is 3.16. The van der Waals surface area contributed by atoms with Crippen molar-refractivity contribution in [2.45, 2.75) is 94.2 Å². The average molecular weight is 773 g/mol. The lowest BCUT2D eigenvalue weighted by Crippen LogP contribution is -3.10. The lowest BCUT2D eigenvalue weighted by Gasteiger charge is -2.31. The van der Waals surface area contributed by atoms with Gasteiger partial charge in [-0.3, -0.25) is 4.39 Å². The molecule has 0 aliphatic rings. The van der Waals surface area contributed by atoms with Crippen LogP contribution in [-0.4, -0.2) is 37.5 Å². The molecular formula is C47H65BrFN2O+. The molecule has 0 saturated heterocycles. The second-order valence-corrected chi connectivity index (χ2v) is 13.6. The molecule has 5 heteroatoms. The highest BCUT2D eigenvalue weighted by atomic mass is 79.9. The number of hydrogen-bond donors (Lipinski definition) is 1. The van der Waals surface area contributed by atoms with Crippen LogP contribution in [0.2, 0.25) is 0 Å². The molecule has 0 heterocycles. The summed E-state index contributed by atoms with van der Waals surface area (Å²) in [7, 11) is 0.500. The first-order valence-corrected chi connectivity index (χ1v) is 20.5. The topological polar surface area (TPSA) is 16.9 Å². The molecule has 0 spiro atoms. The fraction of sp³-hybridized carbons (Fsp3) is 0.404. The molecule has 0 bridgehead atoms. The third-order valence-electron chi connectivity index (χ3n) is 9.21. The van der Waals surface area contributed by atoms with Gasteiger partial charge in [-0.15, -0.1) is 0 Å². The summed E-state index contributed by atoms with van der Waals surface area (Å²) in [5.41, 5.74) is 10.2. The van der Waals surface area contributed by atoms with E-state index in [0.717, 1.165) is 62.5 Å². The summed E-state index contributed by atoms with van der Waals surface area (Å²) in [4.78, 5) is 4.22. The number of hydrogen-bond acceptors (Lipinski definition) is 2. The normalized spacial score (nSPS) is 12.1. The molecule has 4 aromatic carbocycles. The summed E-state index contributed by atoms with van der Waals surface area (Å²) in [6, 6.07) is 33.2. The van der Waals surface area contributed by atoms with E-state index in [-0.39, 0.29) is 0 Å². The lowest BCUT2D eigenvalue weighted by atomic mass is 10.0. The Kier molecular flexibility index (Phi) is 21.0. The number of rotatable bonds is 17. The number of aryl methyl sites for hydroxylation is 2. The van der Waals surface area contributed by atoms with Crippen LogP contribution in [0.1, 0.15) is 95.0 Å². The molecule has 0 aromatic heterocycles.